The van der Waals surface area contributed by atoms with E-state index < -0.39 is 0 Å². The third-order valence-corrected chi connectivity index (χ3v) is 5.93. The van der Waals surface area contributed by atoms with Crippen LogP contribution in [0.2, 0.25) is 0 Å². The molecule has 0 aromatic heterocycles. The van der Waals surface area contributed by atoms with Crippen LogP contribution in [0, 0.1) is 12.8 Å². The zero-order chi connectivity index (χ0) is 12.2. The molecule has 0 unspecified atom stereocenters. The van der Waals surface area contributed by atoms with Crippen molar-refractivity contribution in [2.75, 3.05) is 6.54 Å². The van der Waals surface area contributed by atoms with Gasteiger partial charge in [0.15, 0.2) is 0 Å². The maximum absolute atomic E-state index is 3.81. The van der Waals surface area contributed by atoms with E-state index in [1.54, 1.807) is 11.1 Å². The molecule has 4 rings (SSSR count). The molecule has 0 spiro atoms. The maximum Gasteiger partial charge on any atom is 0.0144 e. The van der Waals surface area contributed by atoms with Crippen LogP contribution in [0.25, 0.3) is 0 Å². The highest BCUT2D eigenvalue weighted by atomic mass is 35.5. The Balaban J connectivity index is 0.00000110. The van der Waals surface area contributed by atoms with Crippen LogP contribution in [-0.4, -0.2) is 12.6 Å². The SMILES string of the molecule is Cc1cccc2c1C[C@H]1NCC[C@@]23CCCC[C@@H]13.Cl. The lowest BCUT2D eigenvalue weighted by Crippen LogP contribution is -2.59. The third kappa shape index (κ3) is 1.78. The first-order valence-corrected chi connectivity index (χ1v) is 7.64. The van der Waals surface area contributed by atoms with Crippen molar-refractivity contribution in [3.8, 4) is 0 Å². The Morgan fingerprint density at radius 1 is 1.21 bits per heavy atom. The molecule has 1 aliphatic heterocycles. The predicted octanol–water partition coefficient (Wildman–Crippen LogP) is 3.76. The molecule has 1 heterocycles. The molecule has 3 aliphatic rings. The number of piperidine rings is 1. The predicted molar refractivity (Wildman–Crippen MR) is 82.2 cm³/mol. The second-order valence-electron chi connectivity index (χ2n) is 6.62. The second kappa shape index (κ2) is 4.79. The van der Waals surface area contributed by atoms with Crippen molar-refractivity contribution in [1.82, 2.24) is 5.32 Å². The molecule has 104 valence electrons. The van der Waals surface area contributed by atoms with Gasteiger partial charge >= 0.3 is 0 Å². The van der Waals surface area contributed by atoms with Gasteiger partial charge in [0.1, 0.15) is 0 Å². The third-order valence-electron chi connectivity index (χ3n) is 5.93. The largest absolute Gasteiger partial charge is 0.313 e. The van der Waals surface area contributed by atoms with E-state index in [0.717, 1.165) is 12.0 Å². The zero-order valence-corrected chi connectivity index (χ0v) is 12.6. The number of hydrogen-bond acceptors (Lipinski definition) is 1. The van der Waals surface area contributed by atoms with Crippen LogP contribution in [-0.2, 0) is 11.8 Å². The van der Waals surface area contributed by atoms with Crippen molar-refractivity contribution in [1.29, 1.82) is 0 Å². The van der Waals surface area contributed by atoms with Crippen LogP contribution in [0.5, 0.6) is 0 Å². The lowest BCUT2D eigenvalue weighted by Gasteiger charge is -2.56. The van der Waals surface area contributed by atoms with E-state index in [-0.39, 0.29) is 12.4 Å². The Morgan fingerprint density at radius 2 is 2.11 bits per heavy atom. The summed E-state index contributed by atoms with van der Waals surface area (Å²) in [5, 5.41) is 3.81. The molecule has 1 nitrogen and oxygen atoms in total. The highest BCUT2D eigenvalue weighted by Gasteiger charge is 2.51. The monoisotopic (exact) mass is 277 g/mol. The molecule has 1 aromatic rings. The van der Waals surface area contributed by atoms with Gasteiger partial charge in [0.2, 0.25) is 0 Å². The molecule has 1 aromatic carbocycles. The van der Waals surface area contributed by atoms with Gasteiger partial charge in [-0.3, -0.25) is 0 Å². The summed E-state index contributed by atoms with van der Waals surface area (Å²) in [5.74, 6) is 0.911. The normalized spacial score (nSPS) is 35.8. The summed E-state index contributed by atoms with van der Waals surface area (Å²) >= 11 is 0. The smallest absolute Gasteiger partial charge is 0.0144 e. The Labute approximate surface area is 122 Å². The molecule has 2 bridgehead atoms. The fraction of sp³-hybridized carbons (Fsp3) is 0.647. The van der Waals surface area contributed by atoms with E-state index in [1.165, 1.54) is 50.6 Å². The van der Waals surface area contributed by atoms with Crippen molar-refractivity contribution in [3.05, 3.63) is 34.9 Å². The molecular weight excluding hydrogens is 254 g/mol. The molecule has 3 atom stereocenters. The molecule has 1 N–H and O–H groups in total. The zero-order valence-electron chi connectivity index (χ0n) is 11.7. The highest BCUT2D eigenvalue weighted by Crippen LogP contribution is 2.54. The van der Waals surface area contributed by atoms with Gasteiger partial charge in [-0.1, -0.05) is 31.0 Å². The summed E-state index contributed by atoms with van der Waals surface area (Å²) < 4.78 is 0. The van der Waals surface area contributed by atoms with E-state index in [1.807, 2.05) is 0 Å². The summed E-state index contributed by atoms with van der Waals surface area (Å²) in [4.78, 5) is 0. The van der Waals surface area contributed by atoms with Crippen molar-refractivity contribution >= 4 is 12.4 Å². The average molecular weight is 278 g/mol. The Hall–Kier alpha value is -0.530. The number of halogens is 1. The topological polar surface area (TPSA) is 12.0 Å². The number of rotatable bonds is 0. The van der Waals surface area contributed by atoms with Crippen molar-refractivity contribution in [2.24, 2.45) is 5.92 Å². The summed E-state index contributed by atoms with van der Waals surface area (Å²) in [6.45, 7) is 3.53. The van der Waals surface area contributed by atoms with E-state index in [4.69, 9.17) is 0 Å². The quantitative estimate of drug-likeness (QED) is 0.761. The number of benzene rings is 1. The minimum absolute atomic E-state index is 0. The standard InChI is InChI=1S/C17H23N.ClH/c1-12-5-4-7-14-13(12)11-16-15-6-2-3-8-17(14,15)9-10-18-16;/h4-5,7,15-16,18H,2-3,6,8-11H2,1H3;1H/t15-,16+,17-;/m0./s1. The van der Waals surface area contributed by atoms with Crippen LogP contribution in [0.1, 0.15) is 48.8 Å². The maximum atomic E-state index is 3.81. The van der Waals surface area contributed by atoms with Gasteiger partial charge in [-0.25, -0.2) is 0 Å². The number of hydrogen-bond donors (Lipinski definition) is 1. The summed E-state index contributed by atoms with van der Waals surface area (Å²) in [6.07, 6.45) is 8.42. The minimum Gasteiger partial charge on any atom is -0.313 e. The number of fused-ring (bicyclic) bond motifs is 1. The molecular formula is C17H24ClN. The second-order valence-corrected chi connectivity index (χ2v) is 6.62. The van der Waals surface area contributed by atoms with E-state index in [2.05, 4.69) is 30.4 Å². The van der Waals surface area contributed by atoms with Gasteiger partial charge in [-0.05, 0) is 61.8 Å². The minimum atomic E-state index is 0. The molecule has 0 radical (unpaired) electrons. The van der Waals surface area contributed by atoms with E-state index in [0.29, 0.717) is 5.41 Å². The van der Waals surface area contributed by atoms with Gasteiger partial charge in [-0.15, -0.1) is 12.4 Å². The Kier molecular flexibility index (Phi) is 3.39. The molecule has 19 heavy (non-hydrogen) atoms. The van der Waals surface area contributed by atoms with Gasteiger partial charge in [0.25, 0.3) is 0 Å². The molecule has 2 aliphatic carbocycles. The molecule has 2 fully saturated rings. The average Bonchev–Trinajstić information content (AvgIpc) is 2.40. The highest BCUT2D eigenvalue weighted by molar-refractivity contribution is 5.85. The first-order chi connectivity index (χ1) is 8.81. The van der Waals surface area contributed by atoms with Crippen molar-refractivity contribution in [3.63, 3.8) is 0 Å². The Morgan fingerprint density at radius 3 is 3.00 bits per heavy atom. The molecule has 1 saturated carbocycles. The first kappa shape index (κ1) is 13.5. The first-order valence-electron chi connectivity index (χ1n) is 7.64. The van der Waals surface area contributed by atoms with Gasteiger partial charge in [0, 0.05) is 11.5 Å². The lowest BCUT2D eigenvalue weighted by atomic mass is 9.52. The van der Waals surface area contributed by atoms with Crippen LogP contribution >= 0.6 is 12.4 Å². The van der Waals surface area contributed by atoms with Crippen molar-refractivity contribution in [2.45, 2.75) is 56.9 Å². The van der Waals surface area contributed by atoms with Crippen LogP contribution in [0.4, 0.5) is 0 Å². The fourth-order valence-electron chi connectivity index (χ4n) is 5.13. The lowest BCUT2D eigenvalue weighted by molar-refractivity contribution is 0.0796. The van der Waals surface area contributed by atoms with Gasteiger partial charge in [0.05, 0.1) is 0 Å². The van der Waals surface area contributed by atoms with Crippen LogP contribution in [0.15, 0.2) is 18.2 Å². The van der Waals surface area contributed by atoms with E-state index in [9.17, 15) is 0 Å². The van der Waals surface area contributed by atoms with Gasteiger partial charge in [-0.2, -0.15) is 0 Å². The molecule has 1 saturated heterocycles. The summed E-state index contributed by atoms with van der Waals surface area (Å²) in [6, 6.07) is 7.79. The van der Waals surface area contributed by atoms with Crippen LogP contribution < -0.4 is 5.32 Å². The van der Waals surface area contributed by atoms with Crippen LogP contribution in [0.3, 0.4) is 0 Å². The fourth-order valence-corrected chi connectivity index (χ4v) is 5.13. The molecule has 2 heteroatoms. The number of nitrogens with one attached hydrogen (secondary N) is 1. The Bertz CT molecular complexity index is 480. The van der Waals surface area contributed by atoms with Gasteiger partial charge < -0.3 is 5.32 Å². The van der Waals surface area contributed by atoms with Crippen molar-refractivity contribution < 1.29 is 0 Å². The van der Waals surface area contributed by atoms with E-state index >= 15 is 0 Å². The summed E-state index contributed by atoms with van der Waals surface area (Å²) in [7, 11) is 0. The molecule has 0 amide bonds. The summed E-state index contributed by atoms with van der Waals surface area (Å²) in [5.41, 5.74) is 5.45. The number of aryl methyl sites for hydroxylation is 1.